The highest BCUT2D eigenvalue weighted by molar-refractivity contribution is 5.89. The van der Waals surface area contributed by atoms with Crippen LogP contribution >= 0.6 is 0 Å². The fraction of sp³-hybridized carbons (Fsp3) is 0.550. The van der Waals surface area contributed by atoms with Gasteiger partial charge >= 0.3 is 6.03 Å². The number of anilines is 1. The Morgan fingerprint density at radius 3 is 2.44 bits per heavy atom. The largest absolute Gasteiger partial charge is 0.356 e. The molecule has 1 saturated heterocycles. The molecule has 2 aliphatic rings. The lowest BCUT2D eigenvalue weighted by molar-refractivity contribution is 0.226. The summed E-state index contributed by atoms with van der Waals surface area (Å²) in [5.41, 5.74) is 0.356. The zero-order valence-corrected chi connectivity index (χ0v) is 15.5. The maximum Gasteiger partial charge on any atom is 0.315 e. The zero-order valence-electron chi connectivity index (χ0n) is 15.5. The third-order valence-electron chi connectivity index (χ3n) is 5.66. The molecule has 1 aromatic heterocycles. The van der Waals surface area contributed by atoms with E-state index in [1.807, 2.05) is 6.07 Å². The number of halogens is 1. The number of rotatable bonds is 3. The Morgan fingerprint density at radius 2 is 1.70 bits per heavy atom. The Labute approximate surface area is 158 Å². The molecule has 6 nitrogen and oxygen atoms in total. The van der Waals surface area contributed by atoms with E-state index in [2.05, 4.69) is 25.5 Å². The molecule has 1 saturated carbocycles. The van der Waals surface area contributed by atoms with Crippen LogP contribution in [0, 0.1) is 5.82 Å². The second-order valence-electron chi connectivity index (χ2n) is 7.55. The lowest BCUT2D eigenvalue weighted by Crippen LogP contribution is -2.50. The first kappa shape index (κ1) is 17.9. The second kappa shape index (κ2) is 8.06. The average Bonchev–Trinajstić information content (AvgIpc) is 2.69. The summed E-state index contributed by atoms with van der Waals surface area (Å²) in [6.45, 7) is 1.55. The van der Waals surface area contributed by atoms with Gasteiger partial charge in [-0.05, 0) is 37.8 Å². The predicted molar refractivity (Wildman–Crippen MR) is 103 cm³/mol. The summed E-state index contributed by atoms with van der Waals surface area (Å²) in [4.78, 5) is 22.9. The molecule has 7 heteroatoms. The van der Waals surface area contributed by atoms with Crippen molar-refractivity contribution < 1.29 is 9.18 Å². The zero-order chi connectivity index (χ0) is 18.6. The maximum absolute atomic E-state index is 14.0. The van der Waals surface area contributed by atoms with E-state index in [0.717, 1.165) is 50.0 Å². The number of piperidine rings is 1. The molecular formula is C20H26FN5O. The van der Waals surface area contributed by atoms with Crippen molar-refractivity contribution in [2.24, 2.45) is 0 Å². The number of amides is 2. The van der Waals surface area contributed by atoms with Gasteiger partial charge < -0.3 is 15.5 Å². The molecule has 1 aliphatic carbocycles. The highest BCUT2D eigenvalue weighted by Gasteiger charge is 2.24. The Morgan fingerprint density at radius 1 is 1.00 bits per heavy atom. The van der Waals surface area contributed by atoms with Crippen LogP contribution < -0.4 is 15.5 Å². The molecule has 0 bridgehead atoms. The minimum atomic E-state index is -0.327. The number of urea groups is 1. The third-order valence-corrected chi connectivity index (χ3v) is 5.66. The van der Waals surface area contributed by atoms with Gasteiger partial charge in [0, 0.05) is 30.6 Å². The summed E-state index contributed by atoms with van der Waals surface area (Å²) in [7, 11) is 0. The van der Waals surface area contributed by atoms with E-state index in [9.17, 15) is 9.18 Å². The van der Waals surface area contributed by atoms with E-state index >= 15 is 0 Å². The van der Waals surface area contributed by atoms with E-state index in [1.165, 1.54) is 31.7 Å². The first-order valence-corrected chi connectivity index (χ1v) is 9.92. The summed E-state index contributed by atoms with van der Waals surface area (Å²) in [5.74, 6) is 0.441. The van der Waals surface area contributed by atoms with Crippen LogP contribution in [0.3, 0.4) is 0 Å². The third kappa shape index (κ3) is 4.12. The van der Waals surface area contributed by atoms with Gasteiger partial charge in [-0.3, -0.25) is 0 Å². The van der Waals surface area contributed by atoms with Crippen molar-refractivity contribution in [1.82, 2.24) is 20.6 Å². The number of nitrogens with one attached hydrogen (secondary N) is 2. The molecule has 0 radical (unpaired) electrons. The molecule has 0 unspecified atom stereocenters. The highest BCUT2D eigenvalue weighted by Crippen LogP contribution is 2.27. The molecule has 144 valence electrons. The quantitative estimate of drug-likeness (QED) is 0.868. The smallest absolute Gasteiger partial charge is 0.315 e. The Bertz CT molecular complexity index is 800. The van der Waals surface area contributed by atoms with E-state index < -0.39 is 0 Å². The van der Waals surface area contributed by atoms with Crippen molar-refractivity contribution in [3.63, 3.8) is 0 Å². The SMILES string of the molecule is O=C(NC1CCCCC1)NC1CCN(c2ncnc3c(F)cccc23)CC1. The number of para-hydroxylation sites is 1. The summed E-state index contributed by atoms with van der Waals surface area (Å²) < 4.78 is 14.0. The minimum absolute atomic E-state index is 0.0464. The summed E-state index contributed by atoms with van der Waals surface area (Å²) in [5, 5.41) is 6.96. The Balaban J connectivity index is 1.34. The molecule has 2 N–H and O–H groups in total. The van der Waals surface area contributed by atoms with Gasteiger partial charge in [-0.25, -0.2) is 19.2 Å². The number of nitrogens with zero attached hydrogens (tertiary/aromatic N) is 3. The number of benzene rings is 1. The van der Waals surface area contributed by atoms with E-state index in [0.29, 0.717) is 11.6 Å². The van der Waals surface area contributed by atoms with Crippen LogP contribution in [0.2, 0.25) is 0 Å². The molecule has 0 spiro atoms. The fourth-order valence-electron chi connectivity index (χ4n) is 4.18. The van der Waals surface area contributed by atoms with Crippen molar-refractivity contribution in [3.8, 4) is 0 Å². The Kier molecular flexibility index (Phi) is 5.36. The first-order valence-electron chi connectivity index (χ1n) is 9.92. The second-order valence-corrected chi connectivity index (χ2v) is 7.55. The maximum atomic E-state index is 14.0. The molecule has 27 heavy (non-hydrogen) atoms. The number of carbonyl (C=O) groups excluding carboxylic acids is 1. The van der Waals surface area contributed by atoms with Crippen LogP contribution in [-0.2, 0) is 0 Å². The summed E-state index contributed by atoms with van der Waals surface area (Å²) in [6, 6.07) is 5.40. The molecule has 1 aliphatic heterocycles. The van der Waals surface area contributed by atoms with Crippen LogP contribution in [0.1, 0.15) is 44.9 Å². The molecule has 2 aromatic rings. The van der Waals surface area contributed by atoms with Gasteiger partial charge in [-0.15, -0.1) is 0 Å². The summed E-state index contributed by atoms with van der Waals surface area (Å²) >= 11 is 0. The van der Waals surface area contributed by atoms with Gasteiger partial charge in [0.25, 0.3) is 0 Å². The number of hydrogen-bond acceptors (Lipinski definition) is 4. The number of hydrogen-bond donors (Lipinski definition) is 2. The van der Waals surface area contributed by atoms with Gasteiger partial charge in [0.2, 0.25) is 0 Å². The monoisotopic (exact) mass is 371 g/mol. The van der Waals surface area contributed by atoms with Gasteiger partial charge in [-0.1, -0.05) is 25.3 Å². The topological polar surface area (TPSA) is 70.2 Å². The lowest BCUT2D eigenvalue weighted by atomic mass is 9.96. The predicted octanol–water partition coefficient (Wildman–Crippen LogP) is 3.37. The van der Waals surface area contributed by atoms with Crippen LogP contribution in [0.5, 0.6) is 0 Å². The Hall–Kier alpha value is -2.44. The van der Waals surface area contributed by atoms with Crippen LogP contribution in [0.15, 0.2) is 24.5 Å². The lowest BCUT2D eigenvalue weighted by Gasteiger charge is -2.34. The molecule has 4 rings (SSSR count). The van der Waals surface area contributed by atoms with Crippen LogP contribution in [-0.4, -0.2) is 41.2 Å². The number of carbonyl (C=O) groups is 1. The first-order chi connectivity index (χ1) is 13.2. The van der Waals surface area contributed by atoms with Crippen molar-refractivity contribution in [1.29, 1.82) is 0 Å². The molecule has 2 heterocycles. The molecule has 0 atom stereocenters. The number of fused-ring (bicyclic) bond motifs is 1. The van der Waals surface area contributed by atoms with Gasteiger partial charge in [-0.2, -0.15) is 0 Å². The number of aromatic nitrogens is 2. The minimum Gasteiger partial charge on any atom is -0.356 e. The van der Waals surface area contributed by atoms with Crippen molar-refractivity contribution >= 4 is 22.8 Å². The highest BCUT2D eigenvalue weighted by atomic mass is 19.1. The fourth-order valence-corrected chi connectivity index (χ4v) is 4.18. The standard InChI is InChI=1S/C20H26FN5O/c21-17-8-4-7-16-18(17)22-13-23-19(16)26-11-9-15(10-12-26)25-20(27)24-14-5-2-1-3-6-14/h4,7-8,13-15H,1-3,5-6,9-12H2,(H2,24,25,27). The van der Waals surface area contributed by atoms with Crippen LogP contribution in [0.4, 0.5) is 15.0 Å². The molecular weight excluding hydrogens is 345 g/mol. The van der Waals surface area contributed by atoms with Crippen LogP contribution in [0.25, 0.3) is 10.9 Å². The van der Waals surface area contributed by atoms with Gasteiger partial charge in [0.1, 0.15) is 23.5 Å². The normalized spacial score (nSPS) is 19.2. The van der Waals surface area contributed by atoms with Crippen molar-refractivity contribution in [2.75, 3.05) is 18.0 Å². The molecule has 2 fully saturated rings. The van der Waals surface area contributed by atoms with Crippen molar-refractivity contribution in [2.45, 2.75) is 57.0 Å². The van der Waals surface area contributed by atoms with E-state index in [-0.39, 0.29) is 17.9 Å². The van der Waals surface area contributed by atoms with E-state index in [4.69, 9.17) is 0 Å². The van der Waals surface area contributed by atoms with Gasteiger partial charge in [0.05, 0.1) is 0 Å². The van der Waals surface area contributed by atoms with E-state index in [1.54, 1.807) is 6.07 Å². The van der Waals surface area contributed by atoms with Crippen molar-refractivity contribution in [3.05, 3.63) is 30.3 Å². The molecule has 1 aromatic carbocycles. The van der Waals surface area contributed by atoms with Gasteiger partial charge in [0.15, 0.2) is 0 Å². The molecule has 2 amide bonds. The summed E-state index contributed by atoms with van der Waals surface area (Å²) in [6.07, 6.45) is 8.97. The average molecular weight is 371 g/mol.